The highest BCUT2D eigenvalue weighted by Gasteiger charge is 2.36. The summed E-state index contributed by atoms with van der Waals surface area (Å²) < 4.78 is 5.19. The minimum atomic E-state index is -0.570. The largest absolute Gasteiger partial charge is 0.455 e. The van der Waals surface area contributed by atoms with Crippen molar-refractivity contribution in [2.75, 3.05) is 23.4 Å². The average Bonchev–Trinajstić information content (AvgIpc) is 3.05. The van der Waals surface area contributed by atoms with Crippen molar-refractivity contribution in [2.24, 2.45) is 5.92 Å². The number of anilines is 2. The second-order valence-corrected chi connectivity index (χ2v) is 7.67. The SMILES string of the molecule is Cc1ccc(N2C[C@H](C(=O)OCC(=O)Nc3c(C)cc(C)cc3C)CC2=O)cc1. The maximum absolute atomic E-state index is 12.4. The van der Waals surface area contributed by atoms with Crippen LogP contribution in [0.2, 0.25) is 0 Å². The standard InChI is InChI=1S/C23H26N2O4/c1-14-5-7-19(8-6-14)25-12-18(11-21(25)27)23(28)29-13-20(26)24-22-16(3)9-15(2)10-17(22)4/h5-10,18H,11-13H2,1-4H3,(H,24,26)/t18-/m1/s1. The maximum atomic E-state index is 12.4. The van der Waals surface area contributed by atoms with Crippen LogP contribution >= 0.6 is 0 Å². The number of nitrogens with zero attached hydrogens (tertiary/aromatic N) is 1. The minimum Gasteiger partial charge on any atom is -0.455 e. The summed E-state index contributed by atoms with van der Waals surface area (Å²) in [6.45, 7) is 7.70. The topological polar surface area (TPSA) is 75.7 Å². The first kappa shape index (κ1) is 20.6. The zero-order valence-electron chi connectivity index (χ0n) is 17.2. The van der Waals surface area contributed by atoms with E-state index < -0.39 is 17.8 Å². The highest BCUT2D eigenvalue weighted by Crippen LogP contribution is 2.26. The highest BCUT2D eigenvalue weighted by atomic mass is 16.5. The van der Waals surface area contributed by atoms with E-state index in [2.05, 4.69) is 5.32 Å². The van der Waals surface area contributed by atoms with Crippen LogP contribution < -0.4 is 10.2 Å². The van der Waals surface area contributed by atoms with Crippen LogP contribution in [-0.4, -0.2) is 30.9 Å². The normalized spacial score (nSPS) is 16.1. The Morgan fingerprint density at radius 1 is 1.03 bits per heavy atom. The van der Waals surface area contributed by atoms with Crippen molar-refractivity contribution in [1.82, 2.24) is 0 Å². The Hall–Kier alpha value is -3.15. The molecule has 1 aliphatic rings. The third kappa shape index (κ3) is 4.83. The number of hydrogen-bond donors (Lipinski definition) is 1. The quantitative estimate of drug-likeness (QED) is 0.788. The van der Waals surface area contributed by atoms with Gasteiger partial charge in [-0.15, -0.1) is 0 Å². The number of amides is 2. The molecule has 6 nitrogen and oxygen atoms in total. The molecule has 1 heterocycles. The molecule has 0 aromatic heterocycles. The van der Waals surface area contributed by atoms with Crippen LogP contribution in [0.25, 0.3) is 0 Å². The molecule has 0 saturated carbocycles. The molecular weight excluding hydrogens is 368 g/mol. The lowest BCUT2D eigenvalue weighted by Gasteiger charge is -2.17. The minimum absolute atomic E-state index is 0.0878. The lowest BCUT2D eigenvalue weighted by Crippen LogP contribution is -2.28. The summed E-state index contributed by atoms with van der Waals surface area (Å²) >= 11 is 0. The molecule has 2 aromatic carbocycles. The molecule has 0 unspecified atom stereocenters. The summed E-state index contributed by atoms with van der Waals surface area (Å²) in [7, 11) is 0. The van der Waals surface area contributed by atoms with Gasteiger partial charge < -0.3 is 15.0 Å². The number of nitrogens with one attached hydrogen (secondary N) is 1. The van der Waals surface area contributed by atoms with Gasteiger partial charge in [-0.25, -0.2) is 0 Å². The van der Waals surface area contributed by atoms with E-state index in [-0.39, 0.29) is 25.5 Å². The second-order valence-electron chi connectivity index (χ2n) is 7.67. The Morgan fingerprint density at radius 2 is 1.66 bits per heavy atom. The van der Waals surface area contributed by atoms with Crippen LogP contribution in [0.3, 0.4) is 0 Å². The molecule has 0 radical (unpaired) electrons. The first-order valence-electron chi connectivity index (χ1n) is 9.66. The van der Waals surface area contributed by atoms with Gasteiger partial charge in [0.05, 0.1) is 5.92 Å². The third-order valence-corrected chi connectivity index (χ3v) is 5.09. The fraction of sp³-hybridized carbons (Fsp3) is 0.348. The Labute approximate surface area is 170 Å². The number of aryl methyl sites for hydroxylation is 4. The Bertz CT molecular complexity index is 927. The Balaban J connectivity index is 1.55. The molecule has 1 fully saturated rings. The van der Waals surface area contributed by atoms with E-state index in [0.717, 1.165) is 33.6 Å². The van der Waals surface area contributed by atoms with Crippen molar-refractivity contribution in [3.8, 4) is 0 Å². The van der Waals surface area contributed by atoms with Crippen LogP contribution in [0, 0.1) is 33.6 Å². The molecule has 6 heteroatoms. The second kappa shape index (κ2) is 8.47. The van der Waals surface area contributed by atoms with Crippen molar-refractivity contribution >= 4 is 29.2 Å². The van der Waals surface area contributed by atoms with Crippen molar-refractivity contribution in [3.05, 3.63) is 58.7 Å². The van der Waals surface area contributed by atoms with Crippen LogP contribution in [0.5, 0.6) is 0 Å². The van der Waals surface area contributed by atoms with Gasteiger partial charge in [0.15, 0.2) is 6.61 Å². The number of ether oxygens (including phenoxy) is 1. The van der Waals surface area contributed by atoms with Gasteiger partial charge in [0.2, 0.25) is 5.91 Å². The lowest BCUT2D eigenvalue weighted by atomic mass is 10.1. The van der Waals surface area contributed by atoms with E-state index in [1.807, 2.05) is 64.1 Å². The molecule has 0 aliphatic carbocycles. The fourth-order valence-electron chi connectivity index (χ4n) is 3.65. The predicted octanol–water partition coefficient (Wildman–Crippen LogP) is 3.46. The molecule has 0 bridgehead atoms. The number of carbonyl (C=O) groups is 3. The molecule has 2 aromatic rings. The maximum Gasteiger partial charge on any atom is 0.311 e. The van der Waals surface area contributed by atoms with Gasteiger partial charge in [-0.1, -0.05) is 35.4 Å². The van der Waals surface area contributed by atoms with E-state index in [1.54, 1.807) is 4.90 Å². The summed E-state index contributed by atoms with van der Waals surface area (Å²) in [4.78, 5) is 38.5. The fourth-order valence-corrected chi connectivity index (χ4v) is 3.65. The molecule has 152 valence electrons. The van der Waals surface area contributed by atoms with Crippen molar-refractivity contribution in [2.45, 2.75) is 34.1 Å². The third-order valence-electron chi connectivity index (χ3n) is 5.09. The number of hydrogen-bond acceptors (Lipinski definition) is 4. The van der Waals surface area contributed by atoms with Crippen molar-refractivity contribution in [1.29, 1.82) is 0 Å². The summed E-state index contributed by atoms with van der Waals surface area (Å²) in [5.41, 5.74) is 5.63. The Kier molecular flexibility index (Phi) is 6.01. The first-order chi connectivity index (χ1) is 13.7. The molecule has 0 spiro atoms. The molecular formula is C23H26N2O4. The van der Waals surface area contributed by atoms with Gasteiger partial charge >= 0.3 is 5.97 Å². The van der Waals surface area contributed by atoms with E-state index >= 15 is 0 Å². The van der Waals surface area contributed by atoms with E-state index in [1.165, 1.54) is 0 Å². The van der Waals surface area contributed by atoms with Crippen LogP contribution in [0.1, 0.15) is 28.7 Å². The van der Waals surface area contributed by atoms with Gasteiger partial charge in [-0.05, 0) is 51.0 Å². The predicted molar refractivity (Wildman–Crippen MR) is 112 cm³/mol. The average molecular weight is 394 g/mol. The molecule has 29 heavy (non-hydrogen) atoms. The van der Waals surface area contributed by atoms with Gasteiger partial charge in [0.1, 0.15) is 0 Å². The molecule has 1 N–H and O–H groups in total. The summed E-state index contributed by atoms with van der Waals surface area (Å²) in [5, 5.41) is 2.81. The van der Waals surface area contributed by atoms with Gasteiger partial charge in [0.25, 0.3) is 5.91 Å². The first-order valence-corrected chi connectivity index (χ1v) is 9.66. The zero-order valence-corrected chi connectivity index (χ0v) is 17.2. The Morgan fingerprint density at radius 3 is 2.28 bits per heavy atom. The van der Waals surface area contributed by atoms with Gasteiger partial charge in [-0.3, -0.25) is 14.4 Å². The number of carbonyl (C=O) groups excluding carboxylic acids is 3. The van der Waals surface area contributed by atoms with E-state index in [4.69, 9.17) is 4.74 Å². The molecule has 3 rings (SSSR count). The lowest BCUT2D eigenvalue weighted by molar-refractivity contribution is -0.151. The molecule has 1 aliphatic heterocycles. The molecule has 1 saturated heterocycles. The summed E-state index contributed by atoms with van der Waals surface area (Å²) in [6, 6.07) is 11.5. The highest BCUT2D eigenvalue weighted by molar-refractivity contribution is 6.00. The monoisotopic (exact) mass is 394 g/mol. The van der Waals surface area contributed by atoms with Gasteiger partial charge in [-0.2, -0.15) is 0 Å². The van der Waals surface area contributed by atoms with Crippen LogP contribution in [0.15, 0.2) is 36.4 Å². The van der Waals surface area contributed by atoms with Crippen molar-refractivity contribution < 1.29 is 19.1 Å². The van der Waals surface area contributed by atoms with Crippen molar-refractivity contribution in [3.63, 3.8) is 0 Å². The van der Waals surface area contributed by atoms with Crippen LogP contribution in [-0.2, 0) is 19.1 Å². The van der Waals surface area contributed by atoms with E-state index in [0.29, 0.717) is 0 Å². The number of esters is 1. The summed E-state index contributed by atoms with van der Waals surface area (Å²) in [5.74, 6) is -1.61. The molecule has 1 atom stereocenters. The summed E-state index contributed by atoms with van der Waals surface area (Å²) in [6.07, 6.45) is 0.0878. The van der Waals surface area contributed by atoms with Gasteiger partial charge in [0, 0.05) is 24.3 Å². The smallest absolute Gasteiger partial charge is 0.311 e. The number of benzene rings is 2. The van der Waals surface area contributed by atoms with E-state index in [9.17, 15) is 14.4 Å². The molecule has 2 amide bonds. The van der Waals surface area contributed by atoms with Crippen LogP contribution in [0.4, 0.5) is 11.4 Å². The number of rotatable bonds is 5. The zero-order chi connectivity index (χ0) is 21.1.